The number of fused-ring (bicyclic) bond motifs is 1. The molecule has 23 heavy (non-hydrogen) atoms. The molecule has 118 valence electrons. The van der Waals surface area contributed by atoms with E-state index in [4.69, 9.17) is 4.99 Å². The summed E-state index contributed by atoms with van der Waals surface area (Å²) < 4.78 is 0. The van der Waals surface area contributed by atoms with Crippen molar-refractivity contribution in [3.63, 3.8) is 0 Å². The third-order valence-electron chi connectivity index (χ3n) is 4.46. The average Bonchev–Trinajstić information content (AvgIpc) is 2.71. The Morgan fingerprint density at radius 3 is 2.61 bits per heavy atom. The van der Waals surface area contributed by atoms with Crippen molar-refractivity contribution in [2.75, 3.05) is 5.32 Å². The minimum Gasteiger partial charge on any atom is -0.324 e. The fraction of sp³-hybridized carbons (Fsp3) is 0.300. The van der Waals surface area contributed by atoms with Crippen LogP contribution in [0.1, 0.15) is 37.0 Å². The van der Waals surface area contributed by atoms with Gasteiger partial charge in [0, 0.05) is 11.1 Å². The second-order valence-electron chi connectivity index (χ2n) is 6.21. The maximum atomic E-state index is 12.6. The van der Waals surface area contributed by atoms with Crippen molar-refractivity contribution in [1.29, 1.82) is 0 Å². The van der Waals surface area contributed by atoms with Crippen molar-refractivity contribution >= 4 is 17.3 Å². The van der Waals surface area contributed by atoms with Crippen LogP contribution in [0.5, 0.6) is 0 Å². The van der Waals surface area contributed by atoms with E-state index in [0.717, 1.165) is 34.5 Å². The normalized spacial score (nSPS) is 18.5. The Morgan fingerprint density at radius 2 is 1.91 bits per heavy atom. The number of anilines is 1. The van der Waals surface area contributed by atoms with Crippen molar-refractivity contribution in [3.8, 4) is 0 Å². The average molecular weight is 306 g/mol. The Labute approximate surface area is 137 Å². The van der Waals surface area contributed by atoms with Gasteiger partial charge < -0.3 is 5.32 Å². The molecule has 0 spiro atoms. The van der Waals surface area contributed by atoms with Crippen LogP contribution < -0.4 is 5.32 Å². The fourth-order valence-electron chi connectivity index (χ4n) is 2.87. The van der Waals surface area contributed by atoms with E-state index in [0.29, 0.717) is 0 Å². The molecule has 0 fully saturated rings. The summed E-state index contributed by atoms with van der Waals surface area (Å²) in [5.74, 6) is 0.180. The second-order valence-corrected chi connectivity index (χ2v) is 6.21. The van der Waals surface area contributed by atoms with Gasteiger partial charge in [-0.15, -0.1) is 0 Å². The molecule has 2 aromatic carbocycles. The van der Waals surface area contributed by atoms with Gasteiger partial charge >= 0.3 is 0 Å². The van der Waals surface area contributed by atoms with Gasteiger partial charge in [0.15, 0.2) is 0 Å². The van der Waals surface area contributed by atoms with Crippen molar-refractivity contribution in [1.82, 2.24) is 0 Å². The number of benzodiazepines with no additional fused rings is 1. The highest BCUT2D eigenvalue weighted by atomic mass is 16.2. The summed E-state index contributed by atoms with van der Waals surface area (Å²) in [5.41, 5.74) is 4.94. The molecule has 2 atom stereocenters. The van der Waals surface area contributed by atoms with Crippen LogP contribution in [0.2, 0.25) is 0 Å². The first-order chi connectivity index (χ1) is 11.1. The summed E-state index contributed by atoms with van der Waals surface area (Å²) in [7, 11) is 0. The number of aryl methyl sites for hydroxylation is 1. The van der Waals surface area contributed by atoms with E-state index >= 15 is 0 Å². The van der Waals surface area contributed by atoms with Gasteiger partial charge in [0.05, 0.1) is 11.4 Å². The summed E-state index contributed by atoms with van der Waals surface area (Å²) in [6.07, 6.45) is 0.916. The van der Waals surface area contributed by atoms with E-state index in [1.807, 2.05) is 30.3 Å². The first-order valence-electron chi connectivity index (χ1n) is 8.15. The Hall–Kier alpha value is -2.42. The number of amides is 1. The molecule has 1 unspecified atom stereocenters. The third-order valence-corrected chi connectivity index (χ3v) is 4.46. The molecule has 0 saturated carbocycles. The van der Waals surface area contributed by atoms with E-state index in [9.17, 15) is 4.79 Å². The molecule has 0 saturated heterocycles. The lowest BCUT2D eigenvalue weighted by atomic mass is 9.97. The minimum atomic E-state index is -0.358. The highest BCUT2D eigenvalue weighted by Crippen LogP contribution is 2.27. The van der Waals surface area contributed by atoms with Gasteiger partial charge in [0.2, 0.25) is 5.91 Å². The van der Waals surface area contributed by atoms with Gasteiger partial charge in [-0.3, -0.25) is 9.79 Å². The summed E-state index contributed by atoms with van der Waals surface area (Å²) in [6.45, 7) is 6.23. The molecule has 0 radical (unpaired) electrons. The van der Waals surface area contributed by atoms with E-state index in [-0.39, 0.29) is 17.9 Å². The number of carbonyl (C=O) groups excluding carboxylic acids is 1. The predicted octanol–water partition coefficient (Wildman–Crippen LogP) is 4.20. The maximum absolute atomic E-state index is 12.6. The van der Waals surface area contributed by atoms with Crippen molar-refractivity contribution in [2.45, 2.75) is 33.2 Å². The summed E-state index contributed by atoms with van der Waals surface area (Å²) in [4.78, 5) is 17.5. The number of nitrogens with one attached hydrogen (secondary N) is 1. The van der Waals surface area contributed by atoms with Crippen LogP contribution in [0.25, 0.3) is 0 Å². The molecule has 1 N–H and O–H groups in total. The Bertz CT molecular complexity index is 749. The van der Waals surface area contributed by atoms with Gasteiger partial charge in [-0.25, -0.2) is 0 Å². The quantitative estimate of drug-likeness (QED) is 0.907. The minimum absolute atomic E-state index is 0.0182. The van der Waals surface area contributed by atoms with Crippen molar-refractivity contribution < 1.29 is 4.79 Å². The van der Waals surface area contributed by atoms with Gasteiger partial charge in [-0.2, -0.15) is 0 Å². The SMILES string of the molecule is CCC(C)[C@@H]1N=C(c2ccccc2)c2cc(C)ccc2NC1=O. The third kappa shape index (κ3) is 3.04. The highest BCUT2D eigenvalue weighted by Gasteiger charge is 2.29. The van der Waals surface area contributed by atoms with Crippen LogP contribution in [0, 0.1) is 12.8 Å². The van der Waals surface area contributed by atoms with Gasteiger partial charge in [0.1, 0.15) is 6.04 Å². The van der Waals surface area contributed by atoms with Crippen LogP contribution in [-0.2, 0) is 4.79 Å². The number of carbonyl (C=O) groups is 1. The largest absolute Gasteiger partial charge is 0.324 e. The Morgan fingerprint density at radius 1 is 1.17 bits per heavy atom. The van der Waals surface area contributed by atoms with Crippen LogP contribution >= 0.6 is 0 Å². The van der Waals surface area contributed by atoms with E-state index < -0.39 is 0 Å². The molecule has 1 amide bonds. The van der Waals surface area contributed by atoms with E-state index in [1.54, 1.807) is 0 Å². The molecular formula is C20H22N2O. The molecule has 1 aliphatic heterocycles. The number of hydrogen-bond acceptors (Lipinski definition) is 2. The van der Waals surface area contributed by atoms with Crippen LogP contribution in [0.3, 0.4) is 0 Å². The molecule has 3 heteroatoms. The fourth-order valence-corrected chi connectivity index (χ4v) is 2.87. The molecule has 1 aliphatic rings. The van der Waals surface area contributed by atoms with Crippen LogP contribution in [0.4, 0.5) is 5.69 Å². The summed E-state index contributed by atoms with van der Waals surface area (Å²) in [5, 5.41) is 3.06. The molecule has 2 aromatic rings. The lowest BCUT2D eigenvalue weighted by Crippen LogP contribution is -2.31. The van der Waals surface area contributed by atoms with Gasteiger partial charge in [0.25, 0.3) is 0 Å². The molecule has 3 nitrogen and oxygen atoms in total. The lowest BCUT2D eigenvalue weighted by Gasteiger charge is -2.17. The monoisotopic (exact) mass is 306 g/mol. The molecule has 0 bridgehead atoms. The van der Waals surface area contributed by atoms with Gasteiger partial charge in [-0.05, 0) is 25.0 Å². The Kier molecular flexibility index (Phi) is 4.28. The number of hydrogen-bond donors (Lipinski definition) is 1. The smallest absolute Gasteiger partial charge is 0.249 e. The zero-order chi connectivity index (χ0) is 16.4. The van der Waals surface area contributed by atoms with Crippen LogP contribution in [0.15, 0.2) is 53.5 Å². The molecule has 0 aliphatic carbocycles. The summed E-state index contributed by atoms with van der Waals surface area (Å²) in [6, 6.07) is 15.8. The van der Waals surface area contributed by atoms with Gasteiger partial charge in [-0.1, -0.05) is 62.2 Å². The topological polar surface area (TPSA) is 41.5 Å². The summed E-state index contributed by atoms with van der Waals surface area (Å²) >= 11 is 0. The first-order valence-corrected chi connectivity index (χ1v) is 8.15. The zero-order valence-electron chi connectivity index (χ0n) is 13.8. The predicted molar refractivity (Wildman–Crippen MR) is 95.1 cm³/mol. The molecule has 3 rings (SSSR count). The lowest BCUT2D eigenvalue weighted by molar-refractivity contribution is -0.118. The second kappa shape index (κ2) is 6.37. The van der Waals surface area contributed by atoms with E-state index in [1.165, 1.54) is 0 Å². The number of aliphatic imine (C=N–C) groups is 1. The standard InChI is InChI=1S/C20H22N2O/c1-4-14(3)18-20(23)21-17-11-10-13(2)12-16(17)19(22-18)15-8-6-5-7-9-15/h5-12,14,18H,4H2,1-3H3,(H,21,23)/t14?,18-/m0/s1. The molecular weight excluding hydrogens is 284 g/mol. The van der Waals surface area contributed by atoms with Crippen molar-refractivity contribution in [3.05, 3.63) is 65.2 Å². The Balaban J connectivity index is 2.21. The van der Waals surface area contributed by atoms with Crippen molar-refractivity contribution in [2.24, 2.45) is 10.9 Å². The van der Waals surface area contributed by atoms with E-state index in [2.05, 4.69) is 44.3 Å². The molecule has 0 aromatic heterocycles. The number of benzene rings is 2. The highest BCUT2D eigenvalue weighted by molar-refractivity contribution is 6.19. The first kappa shape index (κ1) is 15.5. The number of rotatable bonds is 3. The molecule has 1 heterocycles. The zero-order valence-corrected chi connectivity index (χ0v) is 13.8. The maximum Gasteiger partial charge on any atom is 0.249 e. The van der Waals surface area contributed by atoms with Crippen LogP contribution in [-0.4, -0.2) is 17.7 Å². The number of nitrogens with zero attached hydrogens (tertiary/aromatic N) is 1.